The minimum Gasteiger partial charge on any atom is -0.459 e. The van der Waals surface area contributed by atoms with Crippen LogP contribution in [0.25, 0.3) is 0 Å². The Bertz CT molecular complexity index is 552. The van der Waals surface area contributed by atoms with E-state index in [0.717, 1.165) is 0 Å². The quantitative estimate of drug-likeness (QED) is 0.337. The predicted octanol–water partition coefficient (Wildman–Crippen LogP) is -0.666. The number of fused-ring (bicyclic) bond motifs is 3. The summed E-state index contributed by atoms with van der Waals surface area (Å²) in [5, 5.41) is 30.1. The zero-order valence-electron chi connectivity index (χ0n) is 11.5. The van der Waals surface area contributed by atoms with Gasteiger partial charge in [0.25, 0.3) is 0 Å². The van der Waals surface area contributed by atoms with E-state index in [-0.39, 0.29) is 24.5 Å². The Kier molecular flexibility index (Phi) is 3.09. The molecule has 1 heterocycles. The molecule has 21 heavy (non-hydrogen) atoms. The van der Waals surface area contributed by atoms with Gasteiger partial charge in [-0.15, -0.1) is 0 Å². The van der Waals surface area contributed by atoms with Crippen molar-refractivity contribution in [3.63, 3.8) is 0 Å². The standard InChI is InChI=1S/C15H18O6/c1-6-3-10(18)12-13(21-14(19)15(12,20)5-16)11-7(2)9(17)4-8(6)11/h8,10-13,16,18,20H,1-5H2. The summed E-state index contributed by atoms with van der Waals surface area (Å²) in [4.78, 5) is 23.9. The highest BCUT2D eigenvalue weighted by molar-refractivity contribution is 5.98. The van der Waals surface area contributed by atoms with Crippen molar-refractivity contribution in [2.24, 2.45) is 17.8 Å². The molecule has 0 aromatic carbocycles. The van der Waals surface area contributed by atoms with Gasteiger partial charge in [-0.25, -0.2) is 4.79 Å². The Morgan fingerprint density at radius 2 is 1.95 bits per heavy atom. The van der Waals surface area contributed by atoms with Crippen LogP contribution in [0.5, 0.6) is 0 Å². The van der Waals surface area contributed by atoms with E-state index in [2.05, 4.69) is 13.2 Å². The second kappa shape index (κ2) is 4.50. The van der Waals surface area contributed by atoms with Crippen LogP contribution in [-0.4, -0.2) is 51.5 Å². The number of ether oxygens (including phenoxy) is 1. The molecule has 3 aliphatic rings. The minimum atomic E-state index is -2.15. The normalized spacial score (nSPS) is 46.1. The molecular formula is C15H18O6. The zero-order valence-corrected chi connectivity index (χ0v) is 11.5. The summed E-state index contributed by atoms with van der Waals surface area (Å²) in [6.07, 6.45) is -1.55. The number of hydrogen-bond acceptors (Lipinski definition) is 6. The minimum absolute atomic E-state index is 0.114. The number of rotatable bonds is 1. The topological polar surface area (TPSA) is 104 Å². The summed E-state index contributed by atoms with van der Waals surface area (Å²) in [6.45, 7) is 6.85. The molecule has 114 valence electrons. The van der Waals surface area contributed by atoms with Gasteiger partial charge in [0.05, 0.1) is 18.6 Å². The van der Waals surface area contributed by atoms with Gasteiger partial charge < -0.3 is 20.1 Å². The first-order valence-electron chi connectivity index (χ1n) is 6.93. The molecule has 2 aliphatic carbocycles. The Labute approximate surface area is 121 Å². The van der Waals surface area contributed by atoms with Crippen LogP contribution in [0.1, 0.15) is 12.8 Å². The summed E-state index contributed by atoms with van der Waals surface area (Å²) in [5.41, 5.74) is -1.13. The number of esters is 1. The van der Waals surface area contributed by atoms with Crippen molar-refractivity contribution in [1.29, 1.82) is 0 Å². The van der Waals surface area contributed by atoms with Crippen LogP contribution in [-0.2, 0) is 14.3 Å². The molecule has 6 heteroatoms. The maximum absolute atomic E-state index is 11.9. The van der Waals surface area contributed by atoms with E-state index >= 15 is 0 Å². The molecule has 0 aromatic rings. The highest BCUT2D eigenvalue weighted by Gasteiger charge is 2.64. The molecule has 1 saturated heterocycles. The van der Waals surface area contributed by atoms with Crippen LogP contribution in [0.4, 0.5) is 0 Å². The van der Waals surface area contributed by atoms with E-state index in [0.29, 0.717) is 11.1 Å². The van der Waals surface area contributed by atoms with Crippen molar-refractivity contribution in [2.45, 2.75) is 30.7 Å². The highest BCUT2D eigenvalue weighted by atomic mass is 16.6. The van der Waals surface area contributed by atoms with Crippen molar-refractivity contribution in [1.82, 2.24) is 0 Å². The first-order chi connectivity index (χ1) is 9.81. The van der Waals surface area contributed by atoms with E-state index in [1.54, 1.807) is 0 Å². The molecule has 0 radical (unpaired) electrons. The molecule has 3 rings (SSSR count). The van der Waals surface area contributed by atoms with E-state index < -0.39 is 42.2 Å². The fourth-order valence-electron chi connectivity index (χ4n) is 3.97. The number of carbonyl (C=O) groups is 2. The summed E-state index contributed by atoms with van der Waals surface area (Å²) >= 11 is 0. The lowest BCUT2D eigenvalue weighted by Gasteiger charge is -2.30. The third kappa shape index (κ3) is 1.76. The molecule has 0 aromatic heterocycles. The fourth-order valence-corrected chi connectivity index (χ4v) is 3.97. The molecule has 6 atom stereocenters. The van der Waals surface area contributed by atoms with Gasteiger partial charge in [-0.3, -0.25) is 4.79 Å². The SMILES string of the molecule is C=C1CC(O)C2C(OC(=O)C2(O)CO)C2C(=C)C(=O)CC12. The molecule has 6 nitrogen and oxygen atoms in total. The second-order valence-electron chi connectivity index (χ2n) is 6.19. The van der Waals surface area contributed by atoms with Crippen LogP contribution in [0.3, 0.4) is 0 Å². The number of aliphatic hydroxyl groups is 3. The average Bonchev–Trinajstić information content (AvgIpc) is 2.82. The van der Waals surface area contributed by atoms with Crippen LogP contribution in [0.15, 0.2) is 24.3 Å². The smallest absolute Gasteiger partial charge is 0.341 e. The first-order valence-corrected chi connectivity index (χ1v) is 6.93. The highest BCUT2D eigenvalue weighted by Crippen LogP contribution is 2.52. The zero-order chi connectivity index (χ0) is 15.5. The number of Topliss-reactive ketones (excluding diaryl/α,β-unsaturated/α-hetero) is 1. The van der Waals surface area contributed by atoms with Gasteiger partial charge >= 0.3 is 5.97 Å². The summed E-state index contributed by atoms with van der Waals surface area (Å²) in [5.74, 6) is -2.81. The van der Waals surface area contributed by atoms with Gasteiger partial charge in [0.1, 0.15) is 6.10 Å². The van der Waals surface area contributed by atoms with Gasteiger partial charge in [-0.1, -0.05) is 18.7 Å². The lowest BCUT2D eigenvalue weighted by Crippen LogP contribution is -2.51. The van der Waals surface area contributed by atoms with Gasteiger partial charge in [0.2, 0.25) is 0 Å². The molecule has 3 N–H and O–H groups in total. The molecular weight excluding hydrogens is 276 g/mol. The lowest BCUT2D eigenvalue weighted by molar-refractivity contribution is -0.161. The van der Waals surface area contributed by atoms with E-state index in [1.807, 2.05) is 0 Å². The fraction of sp³-hybridized carbons (Fsp3) is 0.600. The molecule has 0 amide bonds. The van der Waals surface area contributed by atoms with E-state index in [9.17, 15) is 24.9 Å². The molecule has 0 spiro atoms. The largest absolute Gasteiger partial charge is 0.459 e. The van der Waals surface area contributed by atoms with Crippen molar-refractivity contribution >= 4 is 11.8 Å². The Morgan fingerprint density at radius 1 is 1.29 bits per heavy atom. The number of aliphatic hydroxyl groups excluding tert-OH is 2. The molecule has 6 unspecified atom stereocenters. The predicted molar refractivity (Wildman–Crippen MR) is 70.9 cm³/mol. The van der Waals surface area contributed by atoms with Crippen molar-refractivity contribution in [3.05, 3.63) is 24.3 Å². The lowest BCUT2D eigenvalue weighted by atomic mass is 9.77. The van der Waals surface area contributed by atoms with Crippen molar-refractivity contribution in [2.75, 3.05) is 6.61 Å². The second-order valence-corrected chi connectivity index (χ2v) is 6.19. The molecule has 0 bridgehead atoms. The third-order valence-corrected chi connectivity index (χ3v) is 5.11. The molecule has 1 aliphatic heterocycles. The third-order valence-electron chi connectivity index (χ3n) is 5.11. The Hall–Kier alpha value is -1.50. The monoisotopic (exact) mass is 294 g/mol. The van der Waals surface area contributed by atoms with Gasteiger partial charge in [-0.2, -0.15) is 0 Å². The van der Waals surface area contributed by atoms with E-state index in [4.69, 9.17) is 4.74 Å². The first kappa shape index (κ1) is 14.4. The Balaban J connectivity index is 2.09. The maximum atomic E-state index is 11.9. The van der Waals surface area contributed by atoms with Gasteiger partial charge in [-0.05, 0) is 17.9 Å². The van der Waals surface area contributed by atoms with Crippen LogP contribution in [0, 0.1) is 17.8 Å². The van der Waals surface area contributed by atoms with Crippen LogP contribution in [0.2, 0.25) is 0 Å². The van der Waals surface area contributed by atoms with E-state index in [1.165, 1.54) is 0 Å². The number of ketones is 1. The van der Waals surface area contributed by atoms with Gasteiger partial charge in [0.15, 0.2) is 11.4 Å². The van der Waals surface area contributed by atoms with Crippen LogP contribution < -0.4 is 0 Å². The summed E-state index contributed by atoms with van der Waals surface area (Å²) in [6, 6.07) is 0. The number of carbonyl (C=O) groups excluding carboxylic acids is 2. The van der Waals surface area contributed by atoms with Crippen molar-refractivity contribution < 1.29 is 29.6 Å². The molecule has 3 fully saturated rings. The maximum Gasteiger partial charge on any atom is 0.341 e. The Morgan fingerprint density at radius 3 is 2.57 bits per heavy atom. The molecule has 2 saturated carbocycles. The average molecular weight is 294 g/mol. The number of hydrogen-bond donors (Lipinski definition) is 3. The van der Waals surface area contributed by atoms with Gasteiger partial charge in [0, 0.05) is 12.3 Å². The summed E-state index contributed by atoms with van der Waals surface area (Å²) < 4.78 is 5.24. The van der Waals surface area contributed by atoms with Crippen LogP contribution >= 0.6 is 0 Å². The van der Waals surface area contributed by atoms with Crippen molar-refractivity contribution in [3.8, 4) is 0 Å². The summed E-state index contributed by atoms with van der Waals surface area (Å²) in [7, 11) is 0.